The van der Waals surface area contributed by atoms with Gasteiger partial charge in [-0.2, -0.15) is 0 Å². The molecule has 0 aliphatic heterocycles. The Hall–Kier alpha value is -1.52. The maximum atomic E-state index is 5.55. The van der Waals surface area contributed by atoms with Gasteiger partial charge in [0, 0.05) is 12.1 Å². The molecule has 0 fully saturated rings. The Labute approximate surface area is 107 Å². The molecule has 0 bridgehead atoms. The zero-order chi connectivity index (χ0) is 12.6. The highest BCUT2D eigenvalue weighted by molar-refractivity contribution is 5.16. The molecule has 4 nitrogen and oxygen atoms in total. The maximum Gasteiger partial charge on any atom is 0.133 e. The number of nitrogens with one attached hydrogen (secondary N) is 1. The van der Waals surface area contributed by atoms with Gasteiger partial charge >= 0.3 is 0 Å². The van der Waals surface area contributed by atoms with E-state index in [9.17, 15) is 0 Å². The van der Waals surface area contributed by atoms with Crippen LogP contribution in [0.4, 0.5) is 0 Å². The van der Waals surface area contributed by atoms with Gasteiger partial charge in [0.1, 0.15) is 24.7 Å². The molecular formula is C14H19NO3. The van der Waals surface area contributed by atoms with Crippen LogP contribution in [0, 0.1) is 0 Å². The van der Waals surface area contributed by atoms with Crippen LogP contribution in [0.5, 0.6) is 0 Å². The van der Waals surface area contributed by atoms with Crippen LogP contribution in [-0.2, 0) is 24.5 Å². The molecule has 0 spiro atoms. The zero-order valence-electron chi connectivity index (χ0n) is 10.6. The first-order chi connectivity index (χ1) is 8.90. The van der Waals surface area contributed by atoms with Crippen molar-refractivity contribution in [2.45, 2.75) is 33.1 Å². The molecule has 4 heteroatoms. The topological polar surface area (TPSA) is 47.5 Å². The number of hydrogen-bond acceptors (Lipinski definition) is 4. The van der Waals surface area contributed by atoms with Crippen molar-refractivity contribution in [2.24, 2.45) is 0 Å². The minimum absolute atomic E-state index is 0.468. The molecule has 0 unspecified atom stereocenters. The third kappa shape index (κ3) is 3.75. The average Bonchev–Trinajstić information content (AvgIpc) is 3.02. The Morgan fingerprint density at radius 1 is 1.17 bits per heavy atom. The molecule has 0 atom stereocenters. The van der Waals surface area contributed by atoms with E-state index in [2.05, 4.69) is 12.2 Å². The van der Waals surface area contributed by atoms with E-state index in [1.54, 1.807) is 12.5 Å². The lowest BCUT2D eigenvalue weighted by molar-refractivity contribution is 0.0796. The molecule has 0 saturated carbocycles. The van der Waals surface area contributed by atoms with Crippen LogP contribution >= 0.6 is 0 Å². The summed E-state index contributed by atoms with van der Waals surface area (Å²) in [5, 5.41) is 3.35. The molecule has 2 aromatic heterocycles. The summed E-state index contributed by atoms with van der Waals surface area (Å²) in [5.74, 6) is 1.71. The standard InChI is InChI=1S/C14H19NO3/c1-2-6-15-9-12-5-8-18-14(12)11-16-10-13-4-3-7-17-13/h3-5,7-8,15H,2,6,9-11H2,1H3. The van der Waals surface area contributed by atoms with Gasteiger partial charge in [-0.25, -0.2) is 0 Å². The van der Waals surface area contributed by atoms with E-state index in [0.717, 1.165) is 36.6 Å². The Morgan fingerprint density at radius 2 is 2.11 bits per heavy atom. The highest BCUT2D eigenvalue weighted by Gasteiger charge is 2.06. The van der Waals surface area contributed by atoms with Crippen molar-refractivity contribution in [1.82, 2.24) is 5.32 Å². The molecule has 98 valence electrons. The van der Waals surface area contributed by atoms with Crippen LogP contribution in [-0.4, -0.2) is 6.54 Å². The number of hydrogen-bond donors (Lipinski definition) is 1. The predicted molar refractivity (Wildman–Crippen MR) is 67.9 cm³/mol. The molecule has 2 heterocycles. The molecule has 2 aromatic rings. The Bertz CT molecular complexity index is 434. The van der Waals surface area contributed by atoms with Crippen molar-refractivity contribution in [1.29, 1.82) is 0 Å². The lowest BCUT2D eigenvalue weighted by atomic mass is 10.2. The van der Waals surface area contributed by atoms with E-state index in [1.165, 1.54) is 0 Å². The summed E-state index contributed by atoms with van der Waals surface area (Å²) in [6.07, 6.45) is 4.47. The smallest absolute Gasteiger partial charge is 0.133 e. The molecule has 0 radical (unpaired) electrons. The fraction of sp³-hybridized carbons (Fsp3) is 0.429. The summed E-state index contributed by atoms with van der Waals surface area (Å²) in [4.78, 5) is 0. The van der Waals surface area contributed by atoms with E-state index >= 15 is 0 Å². The van der Waals surface area contributed by atoms with Gasteiger partial charge in [0.05, 0.1) is 12.5 Å². The molecule has 18 heavy (non-hydrogen) atoms. The van der Waals surface area contributed by atoms with Gasteiger partial charge in [-0.05, 0) is 31.2 Å². The quantitative estimate of drug-likeness (QED) is 0.730. The molecule has 2 rings (SSSR count). The zero-order valence-corrected chi connectivity index (χ0v) is 10.6. The summed E-state index contributed by atoms with van der Waals surface area (Å²) in [6, 6.07) is 5.73. The summed E-state index contributed by atoms with van der Waals surface area (Å²) in [7, 11) is 0. The first-order valence-corrected chi connectivity index (χ1v) is 6.26. The van der Waals surface area contributed by atoms with Crippen LogP contribution in [0.2, 0.25) is 0 Å². The monoisotopic (exact) mass is 249 g/mol. The minimum atomic E-state index is 0.468. The minimum Gasteiger partial charge on any atom is -0.467 e. The Balaban J connectivity index is 1.76. The average molecular weight is 249 g/mol. The van der Waals surface area contributed by atoms with Crippen LogP contribution in [0.3, 0.4) is 0 Å². The van der Waals surface area contributed by atoms with E-state index in [-0.39, 0.29) is 0 Å². The van der Waals surface area contributed by atoms with E-state index in [0.29, 0.717) is 13.2 Å². The van der Waals surface area contributed by atoms with Gasteiger partial charge in [-0.15, -0.1) is 0 Å². The van der Waals surface area contributed by atoms with Crippen molar-refractivity contribution in [3.8, 4) is 0 Å². The van der Waals surface area contributed by atoms with Crippen LogP contribution in [0.15, 0.2) is 39.6 Å². The molecular weight excluding hydrogens is 230 g/mol. The molecule has 1 N–H and O–H groups in total. The normalized spacial score (nSPS) is 10.9. The fourth-order valence-electron chi connectivity index (χ4n) is 1.69. The summed E-state index contributed by atoms with van der Waals surface area (Å²) in [5.41, 5.74) is 1.16. The summed E-state index contributed by atoms with van der Waals surface area (Å²) >= 11 is 0. The molecule has 0 aliphatic carbocycles. The maximum absolute atomic E-state index is 5.55. The second kappa shape index (κ2) is 7.03. The number of furan rings is 2. The first-order valence-electron chi connectivity index (χ1n) is 6.26. The lowest BCUT2D eigenvalue weighted by Gasteiger charge is -2.04. The molecule has 0 aromatic carbocycles. The van der Waals surface area contributed by atoms with E-state index in [4.69, 9.17) is 13.6 Å². The van der Waals surface area contributed by atoms with Gasteiger partial charge in [0.25, 0.3) is 0 Å². The van der Waals surface area contributed by atoms with Crippen molar-refractivity contribution in [3.05, 3.63) is 47.8 Å². The van der Waals surface area contributed by atoms with Gasteiger partial charge < -0.3 is 18.9 Å². The Kier molecular flexibility index (Phi) is 5.05. The van der Waals surface area contributed by atoms with E-state index < -0.39 is 0 Å². The van der Waals surface area contributed by atoms with Crippen molar-refractivity contribution >= 4 is 0 Å². The summed E-state index contributed by atoms with van der Waals surface area (Å²) < 4.78 is 16.2. The molecule has 0 aliphatic rings. The first kappa shape index (κ1) is 12.9. The van der Waals surface area contributed by atoms with Crippen LogP contribution < -0.4 is 5.32 Å². The SMILES string of the molecule is CCCNCc1ccoc1COCc1ccco1. The third-order valence-corrected chi connectivity index (χ3v) is 2.64. The Morgan fingerprint density at radius 3 is 2.89 bits per heavy atom. The molecule has 0 saturated heterocycles. The highest BCUT2D eigenvalue weighted by atomic mass is 16.5. The predicted octanol–water partition coefficient (Wildman–Crippen LogP) is 3.09. The largest absolute Gasteiger partial charge is 0.467 e. The second-order valence-electron chi connectivity index (χ2n) is 4.12. The van der Waals surface area contributed by atoms with Gasteiger partial charge in [0.15, 0.2) is 0 Å². The van der Waals surface area contributed by atoms with Crippen LogP contribution in [0.25, 0.3) is 0 Å². The van der Waals surface area contributed by atoms with E-state index in [1.807, 2.05) is 18.2 Å². The van der Waals surface area contributed by atoms with Gasteiger partial charge in [-0.3, -0.25) is 0 Å². The fourth-order valence-corrected chi connectivity index (χ4v) is 1.69. The van der Waals surface area contributed by atoms with Crippen molar-refractivity contribution < 1.29 is 13.6 Å². The lowest BCUT2D eigenvalue weighted by Crippen LogP contribution is -2.14. The van der Waals surface area contributed by atoms with Gasteiger partial charge in [0.2, 0.25) is 0 Å². The third-order valence-electron chi connectivity index (χ3n) is 2.64. The molecule has 0 amide bonds. The highest BCUT2D eigenvalue weighted by Crippen LogP contribution is 2.13. The second-order valence-corrected chi connectivity index (χ2v) is 4.12. The van der Waals surface area contributed by atoms with Crippen molar-refractivity contribution in [2.75, 3.05) is 6.54 Å². The van der Waals surface area contributed by atoms with Crippen molar-refractivity contribution in [3.63, 3.8) is 0 Å². The van der Waals surface area contributed by atoms with Gasteiger partial charge in [-0.1, -0.05) is 6.92 Å². The number of rotatable bonds is 8. The summed E-state index contributed by atoms with van der Waals surface area (Å²) in [6.45, 7) is 4.92. The van der Waals surface area contributed by atoms with Crippen LogP contribution in [0.1, 0.15) is 30.4 Å². The number of ether oxygens (including phenoxy) is 1.